The van der Waals surface area contributed by atoms with Crippen LogP contribution in [0.25, 0.3) is 0 Å². The molecule has 110 valence electrons. The number of nitrogens with one attached hydrogen (secondary N) is 2. The Hall–Kier alpha value is -0.604. The van der Waals surface area contributed by atoms with Crippen molar-refractivity contribution in [2.24, 2.45) is 0 Å². The topological polar surface area (TPSA) is 90.5 Å². The number of hydrogen-bond acceptors (Lipinski definition) is 4. The number of amides is 2. The van der Waals surface area contributed by atoms with Gasteiger partial charge in [0.05, 0.1) is 19.6 Å². The Balaban J connectivity index is 0.00000400. The average molecular weight is 318 g/mol. The van der Waals surface area contributed by atoms with Gasteiger partial charge in [-0.1, -0.05) is 19.1 Å². The van der Waals surface area contributed by atoms with E-state index in [9.17, 15) is 14.7 Å². The Labute approximate surface area is 167 Å². The first-order valence-corrected chi connectivity index (χ1v) is 6.38. The van der Waals surface area contributed by atoms with Gasteiger partial charge in [0, 0.05) is 6.54 Å². The Morgan fingerprint density at radius 3 is 2.38 bits per heavy atom. The number of urea groups is 1. The molecule has 1 aromatic rings. The van der Waals surface area contributed by atoms with Crippen molar-refractivity contribution < 1.29 is 70.8 Å². The summed E-state index contributed by atoms with van der Waals surface area (Å²) in [5, 5.41) is 14.9. The molecule has 2 N–H and O–H groups in total. The van der Waals surface area contributed by atoms with Gasteiger partial charge in [0.15, 0.2) is 0 Å². The zero-order valence-corrected chi connectivity index (χ0v) is 15.8. The molecular weight excluding hydrogens is 299 g/mol. The van der Waals surface area contributed by atoms with Crippen molar-refractivity contribution in [3.8, 4) is 5.75 Å². The molecule has 0 spiro atoms. The summed E-state index contributed by atoms with van der Waals surface area (Å²) in [4.78, 5) is 21.4. The minimum atomic E-state index is -1.31. The second kappa shape index (κ2) is 11.0. The smallest absolute Gasteiger partial charge is 0.548 e. The predicted molar refractivity (Wildman–Crippen MR) is 72.4 cm³/mol. The third-order valence-electron chi connectivity index (χ3n) is 2.94. The largest absolute Gasteiger partial charge is 1.00 e. The van der Waals surface area contributed by atoms with E-state index in [1.54, 1.807) is 7.11 Å². The number of carboxylic acids is 1. The van der Waals surface area contributed by atoms with Gasteiger partial charge in [-0.15, -0.1) is 0 Å². The molecule has 7 heteroatoms. The zero-order chi connectivity index (χ0) is 15.0. The number of methoxy groups -OCH3 is 1. The molecule has 2 amide bonds. The second-order valence-electron chi connectivity index (χ2n) is 4.44. The molecule has 21 heavy (non-hydrogen) atoms. The SMILES string of the molecule is COc1ccc(C(C)CCNC(=O)NCC(=O)[O-])cc1.[K+]. The van der Waals surface area contributed by atoms with E-state index in [-0.39, 0.29) is 57.3 Å². The Kier molecular flexibility index (Phi) is 10.7. The van der Waals surface area contributed by atoms with E-state index in [0.717, 1.165) is 17.7 Å². The third-order valence-corrected chi connectivity index (χ3v) is 2.94. The van der Waals surface area contributed by atoms with E-state index in [2.05, 4.69) is 17.6 Å². The van der Waals surface area contributed by atoms with E-state index < -0.39 is 18.5 Å². The van der Waals surface area contributed by atoms with Gasteiger partial charge in [-0.3, -0.25) is 0 Å². The van der Waals surface area contributed by atoms with Crippen molar-refractivity contribution in [1.29, 1.82) is 0 Å². The fourth-order valence-corrected chi connectivity index (χ4v) is 1.72. The fourth-order valence-electron chi connectivity index (χ4n) is 1.72. The molecule has 0 aliphatic carbocycles. The first-order valence-electron chi connectivity index (χ1n) is 6.38. The molecule has 1 aromatic carbocycles. The van der Waals surface area contributed by atoms with Crippen LogP contribution in [0.3, 0.4) is 0 Å². The van der Waals surface area contributed by atoms with E-state index in [1.165, 1.54) is 0 Å². The molecule has 0 aromatic heterocycles. The van der Waals surface area contributed by atoms with Gasteiger partial charge in [0.2, 0.25) is 0 Å². The maximum Gasteiger partial charge on any atom is 1.00 e. The molecule has 0 heterocycles. The Morgan fingerprint density at radius 2 is 1.86 bits per heavy atom. The van der Waals surface area contributed by atoms with Crippen molar-refractivity contribution >= 4 is 12.0 Å². The minimum absolute atomic E-state index is 0. The zero-order valence-electron chi connectivity index (χ0n) is 12.6. The summed E-state index contributed by atoms with van der Waals surface area (Å²) in [6, 6.07) is 7.26. The number of rotatable bonds is 7. The fraction of sp³-hybridized carbons (Fsp3) is 0.429. The first kappa shape index (κ1) is 20.4. The molecule has 0 saturated carbocycles. The molecule has 0 aliphatic rings. The van der Waals surface area contributed by atoms with Crippen LogP contribution >= 0.6 is 0 Å². The number of carboxylic acid groups (broad SMARTS) is 1. The average Bonchev–Trinajstić information content (AvgIpc) is 2.45. The summed E-state index contributed by atoms with van der Waals surface area (Å²) in [5.41, 5.74) is 1.16. The number of aliphatic carboxylic acids is 1. The predicted octanol–water partition coefficient (Wildman–Crippen LogP) is -2.76. The van der Waals surface area contributed by atoms with Crippen LogP contribution in [0.15, 0.2) is 24.3 Å². The molecule has 0 aliphatic heterocycles. The van der Waals surface area contributed by atoms with Crippen molar-refractivity contribution in [2.75, 3.05) is 20.2 Å². The number of carbonyl (C=O) groups excluding carboxylic acids is 2. The van der Waals surface area contributed by atoms with Gasteiger partial charge in [-0.25, -0.2) is 4.79 Å². The summed E-state index contributed by atoms with van der Waals surface area (Å²) >= 11 is 0. The monoisotopic (exact) mass is 318 g/mol. The number of ether oxygens (including phenoxy) is 1. The Morgan fingerprint density at radius 1 is 1.24 bits per heavy atom. The first-order chi connectivity index (χ1) is 9.52. The van der Waals surface area contributed by atoms with Crippen LogP contribution in [-0.4, -0.2) is 32.2 Å². The molecule has 1 atom stereocenters. The molecule has 0 fully saturated rings. The maximum atomic E-state index is 11.2. The minimum Gasteiger partial charge on any atom is -0.548 e. The normalized spacial score (nSPS) is 11.0. The van der Waals surface area contributed by atoms with Crippen molar-refractivity contribution in [3.05, 3.63) is 29.8 Å². The van der Waals surface area contributed by atoms with Crippen molar-refractivity contribution in [3.63, 3.8) is 0 Å². The van der Waals surface area contributed by atoms with Crippen molar-refractivity contribution in [2.45, 2.75) is 19.3 Å². The summed E-state index contributed by atoms with van der Waals surface area (Å²) in [5.74, 6) is -0.227. The Bertz CT molecular complexity index is 451. The summed E-state index contributed by atoms with van der Waals surface area (Å²) in [6.07, 6.45) is 0.755. The molecule has 1 rings (SSSR count). The van der Waals surface area contributed by atoms with Crippen LogP contribution in [0.4, 0.5) is 4.79 Å². The van der Waals surface area contributed by atoms with Gasteiger partial charge in [-0.2, -0.15) is 0 Å². The quantitative estimate of drug-likeness (QED) is 0.533. The van der Waals surface area contributed by atoms with Crippen LogP contribution in [0.2, 0.25) is 0 Å². The molecule has 0 saturated heterocycles. The van der Waals surface area contributed by atoms with E-state index in [1.807, 2.05) is 24.3 Å². The van der Waals surface area contributed by atoms with E-state index in [0.29, 0.717) is 6.54 Å². The van der Waals surface area contributed by atoms with E-state index in [4.69, 9.17) is 4.74 Å². The van der Waals surface area contributed by atoms with Crippen LogP contribution in [-0.2, 0) is 4.79 Å². The van der Waals surface area contributed by atoms with Gasteiger partial charge in [0.1, 0.15) is 5.75 Å². The van der Waals surface area contributed by atoms with Gasteiger partial charge < -0.3 is 25.3 Å². The molecule has 6 nitrogen and oxygen atoms in total. The maximum absolute atomic E-state index is 11.2. The van der Waals surface area contributed by atoms with Crippen LogP contribution < -0.4 is 71.9 Å². The number of benzene rings is 1. The number of carbonyl (C=O) groups is 2. The summed E-state index contributed by atoms with van der Waals surface area (Å²) in [6.45, 7) is 2.04. The summed E-state index contributed by atoms with van der Waals surface area (Å²) < 4.78 is 5.09. The van der Waals surface area contributed by atoms with Crippen LogP contribution in [0, 0.1) is 0 Å². The van der Waals surface area contributed by atoms with Gasteiger partial charge in [0.25, 0.3) is 0 Å². The van der Waals surface area contributed by atoms with Crippen molar-refractivity contribution in [1.82, 2.24) is 10.6 Å². The molecular formula is C14H19KN2O4. The summed E-state index contributed by atoms with van der Waals surface area (Å²) in [7, 11) is 1.62. The standard InChI is InChI=1S/C14H20N2O4.K/c1-10(11-3-5-12(20-2)6-4-11)7-8-15-14(19)16-9-13(17)18;/h3-6,10H,7-9H2,1-2H3,(H,17,18)(H2,15,16,19);/q;+1/p-1. The number of hydrogen-bond donors (Lipinski definition) is 2. The molecule has 1 unspecified atom stereocenters. The second-order valence-corrected chi connectivity index (χ2v) is 4.44. The third kappa shape index (κ3) is 8.42. The van der Waals surface area contributed by atoms with Gasteiger partial charge >= 0.3 is 57.4 Å². The van der Waals surface area contributed by atoms with E-state index >= 15 is 0 Å². The molecule has 0 radical (unpaired) electrons. The van der Waals surface area contributed by atoms with Gasteiger partial charge in [-0.05, 0) is 30.0 Å². The molecule has 0 bridgehead atoms. The van der Waals surface area contributed by atoms with Crippen LogP contribution in [0.5, 0.6) is 5.75 Å². The van der Waals surface area contributed by atoms with Crippen LogP contribution in [0.1, 0.15) is 24.8 Å².